The highest BCUT2D eigenvalue weighted by molar-refractivity contribution is 5.93. The van der Waals surface area contributed by atoms with Gasteiger partial charge in [-0.2, -0.15) is 8.78 Å². The van der Waals surface area contributed by atoms with E-state index in [1.54, 1.807) is 0 Å². The number of nitrogens with zero attached hydrogens (tertiary/aromatic N) is 1. The van der Waals surface area contributed by atoms with Crippen molar-refractivity contribution in [2.75, 3.05) is 5.32 Å². The highest BCUT2D eigenvalue weighted by Gasteiger charge is 2.16. The summed E-state index contributed by atoms with van der Waals surface area (Å²) in [5.74, 6) is -1.44. The number of nitro groups is 1. The molecular weight excluding hydrogens is 222 g/mol. The molecule has 0 atom stereocenters. The van der Waals surface area contributed by atoms with E-state index in [0.29, 0.717) is 0 Å². The van der Waals surface area contributed by atoms with Crippen molar-refractivity contribution in [3.8, 4) is 0 Å². The molecule has 0 fully saturated rings. The lowest BCUT2D eigenvalue weighted by molar-refractivity contribution is -0.385. The molecule has 0 saturated heterocycles. The molecule has 0 bridgehead atoms. The fourth-order valence-electron chi connectivity index (χ4n) is 1.13. The van der Waals surface area contributed by atoms with Crippen molar-refractivity contribution in [3.63, 3.8) is 0 Å². The Morgan fingerprint density at radius 1 is 1.50 bits per heavy atom. The van der Waals surface area contributed by atoms with Crippen molar-refractivity contribution in [1.29, 1.82) is 0 Å². The Bertz CT molecular complexity index is 435. The molecule has 0 aliphatic heterocycles. The van der Waals surface area contributed by atoms with E-state index in [2.05, 4.69) is 0 Å². The van der Waals surface area contributed by atoms with Crippen LogP contribution < -0.4 is 5.32 Å². The summed E-state index contributed by atoms with van der Waals surface area (Å²) in [6, 6.07) is 3.61. The second-order valence-electron chi connectivity index (χ2n) is 3.05. The number of nitro benzene ring substituents is 1. The molecule has 1 amide bonds. The van der Waals surface area contributed by atoms with Crippen LogP contribution in [0.4, 0.5) is 20.2 Å². The first-order chi connectivity index (χ1) is 7.41. The van der Waals surface area contributed by atoms with Gasteiger partial charge in [0.15, 0.2) is 0 Å². The zero-order valence-electron chi connectivity index (χ0n) is 8.24. The molecule has 0 unspecified atom stereocenters. The minimum atomic E-state index is -3.12. The molecule has 0 aliphatic carbocycles. The number of amides is 1. The smallest absolute Gasteiger partial charge is 0.315 e. The Balaban J connectivity index is 2.90. The van der Waals surface area contributed by atoms with Gasteiger partial charge in [-0.1, -0.05) is 0 Å². The van der Waals surface area contributed by atoms with Crippen molar-refractivity contribution >= 4 is 17.3 Å². The number of carbonyl (C=O) groups excluding carboxylic acids is 1. The summed E-state index contributed by atoms with van der Waals surface area (Å²) in [4.78, 5) is 20.5. The molecule has 5 nitrogen and oxygen atoms in total. The normalized spacial score (nSPS) is 10.2. The summed E-state index contributed by atoms with van der Waals surface area (Å²) in [5, 5.41) is 12.4. The first kappa shape index (κ1) is 12.0. The molecule has 1 aromatic carbocycles. The van der Waals surface area contributed by atoms with Crippen molar-refractivity contribution in [3.05, 3.63) is 33.9 Å². The number of benzene rings is 1. The predicted octanol–water partition coefficient (Wildman–Crippen LogP) is 2.11. The van der Waals surface area contributed by atoms with E-state index in [4.69, 9.17) is 0 Å². The van der Waals surface area contributed by atoms with Gasteiger partial charge in [-0.25, -0.2) is 0 Å². The highest BCUT2D eigenvalue weighted by atomic mass is 19.3. The standard InChI is InChI=1S/C9H8F2N2O3/c1-5-4-6(12-9(14)8(10)11)2-3-7(5)13(15)16/h2-4,8H,1H3,(H,12,14). The fourth-order valence-corrected chi connectivity index (χ4v) is 1.13. The molecule has 1 aromatic rings. The van der Waals surface area contributed by atoms with Gasteiger partial charge < -0.3 is 5.32 Å². The molecule has 0 aliphatic rings. The fraction of sp³-hybridized carbons (Fsp3) is 0.222. The second-order valence-corrected chi connectivity index (χ2v) is 3.05. The van der Waals surface area contributed by atoms with E-state index < -0.39 is 17.3 Å². The van der Waals surface area contributed by atoms with Gasteiger partial charge in [0.1, 0.15) is 0 Å². The zero-order chi connectivity index (χ0) is 12.3. The van der Waals surface area contributed by atoms with E-state index in [1.807, 2.05) is 5.32 Å². The molecule has 0 heterocycles. The lowest BCUT2D eigenvalue weighted by Crippen LogP contribution is -2.20. The average Bonchev–Trinajstić information content (AvgIpc) is 2.16. The number of nitrogens with one attached hydrogen (secondary N) is 1. The number of hydrogen-bond acceptors (Lipinski definition) is 3. The van der Waals surface area contributed by atoms with Crippen molar-refractivity contribution < 1.29 is 18.5 Å². The molecule has 0 saturated carbocycles. The largest absolute Gasteiger partial charge is 0.321 e. The number of rotatable bonds is 3. The maximum absolute atomic E-state index is 11.9. The van der Waals surface area contributed by atoms with E-state index in [-0.39, 0.29) is 16.9 Å². The van der Waals surface area contributed by atoms with Crippen LogP contribution in [0.25, 0.3) is 0 Å². The summed E-state index contributed by atoms with van der Waals surface area (Å²) >= 11 is 0. The molecule has 0 spiro atoms. The number of aryl methyl sites for hydroxylation is 1. The quantitative estimate of drug-likeness (QED) is 0.638. The Kier molecular flexibility index (Phi) is 3.49. The SMILES string of the molecule is Cc1cc(NC(=O)C(F)F)ccc1[N+](=O)[O-]. The monoisotopic (exact) mass is 230 g/mol. The van der Waals surface area contributed by atoms with Crippen LogP contribution in [0.5, 0.6) is 0 Å². The Morgan fingerprint density at radius 3 is 2.56 bits per heavy atom. The lowest BCUT2D eigenvalue weighted by atomic mass is 10.2. The minimum Gasteiger partial charge on any atom is -0.321 e. The van der Waals surface area contributed by atoms with Crippen LogP contribution in [-0.4, -0.2) is 17.3 Å². The maximum atomic E-state index is 11.9. The maximum Gasteiger partial charge on any atom is 0.315 e. The van der Waals surface area contributed by atoms with Crippen LogP contribution in [0.15, 0.2) is 18.2 Å². The van der Waals surface area contributed by atoms with Crippen LogP contribution in [0.2, 0.25) is 0 Å². The van der Waals surface area contributed by atoms with E-state index in [9.17, 15) is 23.7 Å². The molecule has 1 N–H and O–H groups in total. The first-order valence-electron chi connectivity index (χ1n) is 4.26. The Hall–Kier alpha value is -2.05. The number of alkyl halides is 2. The first-order valence-corrected chi connectivity index (χ1v) is 4.26. The van der Waals surface area contributed by atoms with Crippen LogP contribution in [-0.2, 0) is 4.79 Å². The Labute approximate surface area is 89.2 Å². The highest BCUT2D eigenvalue weighted by Crippen LogP contribution is 2.21. The van der Waals surface area contributed by atoms with Gasteiger partial charge in [-0.15, -0.1) is 0 Å². The van der Waals surface area contributed by atoms with Gasteiger partial charge >= 0.3 is 6.43 Å². The van der Waals surface area contributed by atoms with Crippen LogP contribution >= 0.6 is 0 Å². The Morgan fingerprint density at radius 2 is 2.12 bits per heavy atom. The third-order valence-corrected chi connectivity index (χ3v) is 1.86. The summed E-state index contributed by atoms with van der Waals surface area (Å²) < 4.78 is 23.8. The number of carbonyl (C=O) groups is 1. The van der Waals surface area contributed by atoms with Gasteiger partial charge in [-0.05, 0) is 19.1 Å². The number of anilines is 1. The second kappa shape index (κ2) is 4.65. The summed E-state index contributed by atoms with van der Waals surface area (Å²) in [6.45, 7) is 1.45. The average molecular weight is 230 g/mol. The van der Waals surface area contributed by atoms with Gasteiger partial charge in [0.05, 0.1) is 4.92 Å². The van der Waals surface area contributed by atoms with Gasteiger partial charge in [0, 0.05) is 17.3 Å². The third-order valence-electron chi connectivity index (χ3n) is 1.86. The number of hydrogen-bond donors (Lipinski definition) is 1. The zero-order valence-corrected chi connectivity index (χ0v) is 8.24. The lowest BCUT2D eigenvalue weighted by Gasteiger charge is -2.05. The molecule has 86 valence electrons. The molecular formula is C9H8F2N2O3. The summed E-state index contributed by atoms with van der Waals surface area (Å²) in [7, 11) is 0. The van der Waals surface area contributed by atoms with Crippen LogP contribution in [0.1, 0.15) is 5.56 Å². The van der Waals surface area contributed by atoms with Crippen molar-refractivity contribution in [1.82, 2.24) is 0 Å². The van der Waals surface area contributed by atoms with Gasteiger partial charge in [0.25, 0.3) is 11.6 Å². The topological polar surface area (TPSA) is 72.2 Å². The third kappa shape index (κ3) is 2.72. The number of halogens is 2. The predicted molar refractivity (Wildman–Crippen MR) is 52.5 cm³/mol. The van der Waals surface area contributed by atoms with E-state index in [1.165, 1.54) is 19.1 Å². The minimum absolute atomic E-state index is 0.105. The van der Waals surface area contributed by atoms with Crippen molar-refractivity contribution in [2.24, 2.45) is 0 Å². The van der Waals surface area contributed by atoms with Gasteiger partial charge in [0.2, 0.25) is 0 Å². The summed E-state index contributed by atoms with van der Waals surface area (Å²) in [5.41, 5.74) is 0.264. The molecule has 0 aromatic heterocycles. The molecule has 0 radical (unpaired) electrons. The van der Waals surface area contributed by atoms with Crippen molar-refractivity contribution in [2.45, 2.75) is 13.3 Å². The van der Waals surface area contributed by atoms with E-state index >= 15 is 0 Å². The van der Waals surface area contributed by atoms with E-state index in [0.717, 1.165) is 6.07 Å². The van der Waals surface area contributed by atoms with Gasteiger partial charge in [-0.3, -0.25) is 14.9 Å². The summed E-state index contributed by atoms with van der Waals surface area (Å²) in [6.07, 6.45) is -3.12. The van der Waals surface area contributed by atoms with Crippen LogP contribution in [0.3, 0.4) is 0 Å². The molecule has 7 heteroatoms. The molecule has 1 rings (SSSR count). The van der Waals surface area contributed by atoms with Crippen LogP contribution in [0, 0.1) is 17.0 Å². The molecule has 16 heavy (non-hydrogen) atoms.